The van der Waals surface area contributed by atoms with E-state index in [2.05, 4.69) is 10.6 Å². The van der Waals surface area contributed by atoms with Crippen LogP contribution in [0.5, 0.6) is 0 Å². The van der Waals surface area contributed by atoms with Gasteiger partial charge in [0.2, 0.25) is 0 Å². The average molecular weight is 302 g/mol. The number of urea groups is 1. The van der Waals surface area contributed by atoms with Crippen molar-refractivity contribution in [1.29, 1.82) is 0 Å². The number of para-hydroxylation sites is 1. The van der Waals surface area contributed by atoms with Crippen LogP contribution in [-0.4, -0.2) is 17.7 Å². The molecule has 2 rings (SSSR count). The van der Waals surface area contributed by atoms with Gasteiger partial charge in [0.15, 0.2) is 0 Å². The first-order valence-corrected chi connectivity index (χ1v) is 7.02. The molecule has 0 spiro atoms. The first-order chi connectivity index (χ1) is 10.5. The van der Waals surface area contributed by atoms with E-state index in [0.29, 0.717) is 5.56 Å². The van der Waals surface area contributed by atoms with E-state index in [1.807, 2.05) is 32.0 Å². The predicted octanol–water partition coefficient (Wildman–Crippen LogP) is 3.30. The number of carbonyl (C=O) groups is 1. The molecule has 0 saturated carbocycles. The van der Waals surface area contributed by atoms with Crippen LogP contribution < -0.4 is 10.6 Å². The third-order valence-electron chi connectivity index (χ3n) is 3.43. The molecule has 0 aliphatic rings. The molecule has 0 bridgehead atoms. The van der Waals surface area contributed by atoms with Crippen LogP contribution in [-0.2, 0) is 0 Å². The minimum Gasteiger partial charge on any atom is -0.387 e. The number of anilines is 1. The highest BCUT2D eigenvalue weighted by Crippen LogP contribution is 2.19. The van der Waals surface area contributed by atoms with Crippen LogP contribution in [0.25, 0.3) is 0 Å². The van der Waals surface area contributed by atoms with Gasteiger partial charge in [-0.05, 0) is 42.7 Å². The number of aliphatic hydroxyl groups excluding tert-OH is 1. The Morgan fingerprint density at radius 3 is 2.32 bits per heavy atom. The smallest absolute Gasteiger partial charge is 0.319 e. The molecule has 3 N–H and O–H groups in total. The van der Waals surface area contributed by atoms with Crippen molar-refractivity contribution < 1.29 is 14.3 Å². The SMILES string of the molecule is Cc1cccc(C)c1NC(=O)NC[C@H](O)c1ccc(F)cc1. The van der Waals surface area contributed by atoms with Gasteiger partial charge in [-0.2, -0.15) is 0 Å². The van der Waals surface area contributed by atoms with E-state index in [1.165, 1.54) is 24.3 Å². The lowest BCUT2D eigenvalue weighted by Gasteiger charge is -2.15. The van der Waals surface area contributed by atoms with Crippen molar-refractivity contribution in [3.8, 4) is 0 Å². The van der Waals surface area contributed by atoms with Gasteiger partial charge in [-0.1, -0.05) is 30.3 Å². The second-order valence-electron chi connectivity index (χ2n) is 5.17. The van der Waals surface area contributed by atoms with Crippen molar-refractivity contribution in [2.24, 2.45) is 0 Å². The number of benzene rings is 2. The van der Waals surface area contributed by atoms with E-state index in [4.69, 9.17) is 0 Å². The number of carbonyl (C=O) groups excluding carboxylic acids is 1. The molecule has 22 heavy (non-hydrogen) atoms. The second kappa shape index (κ2) is 7.04. The third-order valence-corrected chi connectivity index (χ3v) is 3.43. The summed E-state index contributed by atoms with van der Waals surface area (Å²) in [7, 11) is 0. The highest BCUT2D eigenvalue weighted by molar-refractivity contribution is 5.90. The van der Waals surface area contributed by atoms with Crippen LogP contribution in [0.3, 0.4) is 0 Å². The maximum Gasteiger partial charge on any atom is 0.319 e. The van der Waals surface area contributed by atoms with Crippen molar-refractivity contribution in [3.63, 3.8) is 0 Å². The zero-order valence-electron chi connectivity index (χ0n) is 12.6. The van der Waals surface area contributed by atoms with Crippen molar-refractivity contribution in [3.05, 3.63) is 65.0 Å². The summed E-state index contributed by atoms with van der Waals surface area (Å²) in [6.07, 6.45) is -0.885. The summed E-state index contributed by atoms with van der Waals surface area (Å²) in [5.41, 5.74) is 3.24. The second-order valence-corrected chi connectivity index (χ2v) is 5.17. The lowest BCUT2D eigenvalue weighted by molar-refractivity contribution is 0.175. The normalized spacial score (nSPS) is 11.8. The van der Waals surface area contributed by atoms with Crippen molar-refractivity contribution in [2.45, 2.75) is 20.0 Å². The predicted molar refractivity (Wildman–Crippen MR) is 84.3 cm³/mol. The number of halogens is 1. The lowest BCUT2D eigenvalue weighted by Crippen LogP contribution is -2.32. The van der Waals surface area contributed by atoms with Gasteiger partial charge in [0.25, 0.3) is 0 Å². The molecule has 2 aromatic rings. The molecular weight excluding hydrogens is 283 g/mol. The molecule has 2 aromatic carbocycles. The Hall–Kier alpha value is -2.40. The van der Waals surface area contributed by atoms with Crippen LogP contribution in [0.4, 0.5) is 14.9 Å². The molecular formula is C17H19FN2O2. The van der Waals surface area contributed by atoms with Crippen LogP contribution in [0, 0.1) is 19.7 Å². The average Bonchev–Trinajstić information content (AvgIpc) is 2.49. The Bertz CT molecular complexity index is 636. The van der Waals surface area contributed by atoms with Gasteiger partial charge in [-0.3, -0.25) is 0 Å². The molecule has 0 aromatic heterocycles. The van der Waals surface area contributed by atoms with E-state index < -0.39 is 12.1 Å². The molecule has 0 fully saturated rings. The van der Waals surface area contributed by atoms with Gasteiger partial charge in [-0.25, -0.2) is 9.18 Å². The summed E-state index contributed by atoms with van der Waals surface area (Å²) >= 11 is 0. The van der Waals surface area contributed by atoms with E-state index in [0.717, 1.165) is 16.8 Å². The summed E-state index contributed by atoms with van der Waals surface area (Å²) in [6.45, 7) is 3.87. The molecule has 1 atom stereocenters. The topological polar surface area (TPSA) is 61.4 Å². The molecule has 0 aliphatic carbocycles. The van der Waals surface area contributed by atoms with Gasteiger partial charge in [0.05, 0.1) is 6.10 Å². The third kappa shape index (κ3) is 4.05. The van der Waals surface area contributed by atoms with Gasteiger partial charge in [0, 0.05) is 12.2 Å². The Balaban J connectivity index is 1.91. The number of nitrogens with one attached hydrogen (secondary N) is 2. The number of hydrogen-bond acceptors (Lipinski definition) is 2. The number of hydrogen-bond donors (Lipinski definition) is 3. The number of aliphatic hydroxyl groups is 1. The minimum atomic E-state index is -0.885. The van der Waals surface area contributed by atoms with Gasteiger partial charge >= 0.3 is 6.03 Å². The van der Waals surface area contributed by atoms with Gasteiger partial charge < -0.3 is 15.7 Å². The number of rotatable bonds is 4. The Kier molecular flexibility index (Phi) is 5.12. The van der Waals surface area contributed by atoms with Gasteiger partial charge in [-0.15, -0.1) is 0 Å². The van der Waals surface area contributed by atoms with Crippen LogP contribution in [0.15, 0.2) is 42.5 Å². The van der Waals surface area contributed by atoms with Crippen LogP contribution in [0.2, 0.25) is 0 Å². The summed E-state index contributed by atoms with van der Waals surface area (Å²) in [5, 5.41) is 15.3. The fourth-order valence-electron chi connectivity index (χ4n) is 2.16. The zero-order valence-corrected chi connectivity index (χ0v) is 12.6. The lowest BCUT2D eigenvalue weighted by atomic mass is 10.1. The highest BCUT2D eigenvalue weighted by atomic mass is 19.1. The number of aryl methyl sites for hydroxylation is 2. The molecule has 4 nitrogen and oxygen atoms in total. The molecule has 0 radical (unpaired) electrons. The quantitative estimate of drug-likeness (QED) is 0.811. The minimum absolute atomic E-state index is 0.0440. The molecule has 0 unspecified atom stereocenters. The van der Waals surface area contributed by atoms with Gasteiger partial charge in [0.1, 0.15) is 5.82 Å². The van der Waals surface area contributed by atoms with Crippen LogP contribution >= 0.6 is 0 Å². The Labute approximate surface area is 129 Å². The maximum atomic E-state index is 12.8. The fourth-order valence-corrected chi connectivity index (χ4v) is 2.16. The molecule has 5 heteroatoms. The molecule has 0 saturated heterocycles. The zero-order chi connectivity index (χ0) is 16.1. The van der Waals surface area contributed by atoms with Crippen molar-refractivity contribution >= 4 is 11.7 Å². The van der Waals surface area contributed by atoms with Crippen molar-refractivity contribution in [1.82, 2.24) is 5.32 Å². The fraction of sp³-hybridized carbons (Fsp3) is 0.235. The highest BCUT2D eigenvalue weighted by Gasteiger charge is 2.11. The number of amides is 2. The molecule has 0 aliphatic heterocycles. The summed E-state index contributed by atoms with van der Waals surface area (Å²) in [4.78, 5) is 11.9. The van der Waals surface area contributed by atoms with E-state index in [1.54, 1.807) is 0 Å². The first-order valence-electron chi connectivity index (χ1n) is 7.02. The molecule has 2 amide bonds. The maximum absolute atomic E-state index is 12.8. The summed E-state index contributed by atoms with van der Waals surface area (Å²) in [6, 6.07) is 10.9. The van der Waals surface area contributed by atoms with Crippen molar-refractivity contribution in [2.75, 3.05) is 11.9 Å². The Morgan fingerprint density at radius 1 is 1.14 bits per heavy atom. The first kappa shape index (κ1) is 16.0. The monoisotopic (exact) mass is 302 g/mol. The van der Waals surface area contributed by atoms with E-state index in [-0.39, 0.29) is 12.4 Å². The largest absolute Gasteiger partial charge is 0.387 e. The van der Waals surface area contributed by atoms with E-state index in [9.17, 15) is 14.3 Å². The van der Waals surface area contributed by atoms with Crippen LogP contribution in [0.1, 0.15) is 22.8 Å². The van der Waals surface area contributed by atoms with E-state index >= 15 is 0 Å². The molecule has 116 valence electrons. The molecule has 0 heterocycles. The Morgan fingerprint density at radius 2 is 1.73 bits per heavy atom. The summed E-state index contributed by atoms with van der Waals surface area (Å²) < 4.78 is 12.8. The summed E-state index contributed by atoms with van der Waals surface area (Å²) in [5.74, 6) is -0.364. The standard InChI is InChI=1S/C17H19FN2O2/c1-11-4-3-5-12(2)16(11)20-17(22)19-10-15(21)13-6-8-14(18)9-7-13/h3-9,15,21H,10H2,1-2H3,(H2,19,20,22)/t15-/m0/s1.